The summed E-state index contributed by atoms with van der Waals surface area (Å²) in [6, 6.07) is 1.80. The molecule has 2 amide bonds. The van der Waals surface area contributed by atoms with Crippen LogP contribution in [0, 0.1) is 0 Å². The fourth-order valence-electron chi connectivity index (χ4n) is 2.93. The maximum atomic E-state index is 12.3. The van der Waals surface area contributed by atoms with E-state index < -0.39 is 0 Å². The number of aromatic nitrogens is 1. The highest BCUT2D eigenvalue weighted by Gasteiger charge is 2.27. The van der Waals surface area contributed by atoms with E-state index >= 15 is 0 Å². The standard InChI is InChI=1S/C16H25N3O4/c1-3-17-16(21)14-9-13(23-18-14)10-19(15(20)11-22-2)12-7-5-4-6-8-12/h9,12H,3-8,10-11H2,1-2H3,(H,17,21). The van der Waals surface area contributed by atoms with Crippen LogP contribution < -0.4 is 5.32 Å². The topological polar surface area (TPSA) is 84.7 Å². The maximum Gasteiger partial charge on any atom is 0.273 e. The van der Waals surface area contributed by atoms with Crippen molar-refractivity contribution < 1.29 is 18.8 Å². The predicted octanol–water partition coefficient (Wildman–Crippen LogP) is 1.73. The Bertz CT molecular complexity index is 523. The molecule has 0 aromatic carbocycles. The van der Waals surface area contributed by atoms with Crippen LogP contribution in [0.25, 0.3) is 0 Å². The highest BCUT2D eigenvalue weighted by atomic mass is 16.5. The third kappa shape index (κ3) is 4.79. The monoisotopic (exact) mass is 323 g/mol. The van der Waals surface area contributed by atoms with E-state index in [0.717, 1.165) is 25.7 Å². The SMILES string of the molecule is CCNC(=O)c1cc(CN(C(=O)COC)C2CCCCC2)on1. The van der Waals surface area contributed by atoms with E-state index in [-0.39, 0.29) is 30.2 Å². The first kappa shape index (κ1) is 17.5. The van der Waals surface area contributed by atoms with Crippen LogP contribution in [0.4, 0.5) is 0 Å². The Labute approximate surface area is 136 Å². The average Bonchev–Trinajstić information content (AvgIpc) is 3.02. The summed E-state index contributed by atoms with van der Waals surface area (Å²) in [6.07, 6.45) is 5.45. The van der Waals surface area contributed by atoms with Gasteiger partial charge < -0.3 is 19.5 Å². The average molecular weight is 323 g/mol. The summed E-state index contributed by atoms with van der Waals surface area (Å²) >= 11 is 0. The summed E-state index contributed by atoms with van der Waals surface area (Å²) in [7, 11) is 1.51. The Balaban J connectivity index is 2.07. The minimum Gasteiger partial charge on any atom is -0.375 e. The molecule has 0 radical (unpaired) electrons. The molecule has 0 unspecified atom stereocenters. The van der Waals surface area contributed by atoms with Crippen LogP contribution in [0.3, 0.4) is 0 Å². The van der Waals surface area contributed by atoms with Crippen LogP contribution in [0.5, 0.6) is 0 Å². The number of hydrogen-bond acceptors (Lipinski definition) is 5. The van der Waals surface area contributed by atoms with Crippen molar-refractivity contribution in [2.24, 2.45) is 0 Å². The van der Waals surface area contributed by atoms with Gasteiger partial charge in [-0.25, -0.2) is 0 Å². The van der Waals surface area contributed by atoms with Gasteiger partial charge in [0.05, 0.1) is 6.54 Å². The highest BCUT2D eigenvalue weighted by Crippen LogP contribution is 2.24. The number of methoxy groups -OCH3 is 1. The zero-order valence-electron chi connectivity index (χ0n) is 13.8. The highest BCUT2D eigenvalue weighted by molar-refractivity contribution is 5.92. The third-order valence-electron chi connectivity index (χ3n) is 4.06. The lowest BCUT2D eigenvalue weighted by Gasteiger charge is -2.33. The number of nitrogens with zero attached hydrogens (tertiary/aromatic N) is 2. The van der Waals surface area contributed by atoms with E-state index in [4.69, 9.17) is 9.26 Å². The number of nitrogens with one attached hydrogen (secondary N) is 1. The first-order chi connectivity index (χ1) is 11.2. The smallest absolute Gasteiger partial charge is 0.273 e. The van der Waals surface area contributed by atoms with E-state index in [1.807, 2.05) is 6.92 Å². The lowest BCUT2D eigenvalue weighted by molar-refractivity contribution is -0.139. The largest absolute Gasteiger partial charge is 0.375 e. The predicted molar refractivity (Wildman–Crippen MR) is 83.8 cm³/mol. The summed E-state index contributed by atoms with van der Waals surface area (Å²) in [6.45, 7) is 2.74. The zero-order chi connectivity index (χ0) is 16.7. The van der Waals surface area contributed by atoms with E-state index in [2.05, 4.69) is 10.5 Å². The van der Waals surface area contributed by atoms with Crippen LogP contribution in [0.2, 0.25) is 0 Å². The normalized spacial score (nSPS) is 15.4. The fourth-order valence-corrected chi connectivity index (χ4v) is 2.93. The molecule has 0 aliphatic heterocycles. The van der Waals surface area contributed by atoms with Crippen LogP contribution in [-0.4, -0.2) is 48.2 Å². The minimum absolute atomic E-state index is 0.0494. The Morgan fingerprint density at radius 1 is 1.39 bits per heavy atom. The van der Waals surface area contributed by atoms with Gasteiger partial charge in [0, 0.05) is 25.8 Å². The molecular weight excluding hydrogens is 298 g/mol. The van der Waals surface area contributed by atoms with Gasteiger partial charge in [-0.3, -0.25) is 9.59 Å². The molecule has 1 N–H and O–H groups in total. The molecule has 1 aliphatic rings. The van der Waals surface area contributed by atoms with Crippen molar-refractivity contribution >= 4 is 11.8 Å². The second-order valence-corrected chi connectivity index (χ2v) is 5.78. The molecule has 2 rings (SSSR count). The van der Waals surface area contributed by atoms with Crippen molar-refractivity contribution in [2.75, 3.05) is 20.3 Å². The molecule has 0 atom stereocenters. The van der Waals surface area contributed by atoms with Gasteiger partial charge in [-0.2, -0.15) is 0 Å². The van der Waals surface area contributed by atoms with Gasteiger partial charge in [0.25, 0.3) is 5.91 Å². The molecule has 1 fully saturated rings. The molecule has 7 nitrogen and oxygen atoms in total. The Hall–Kier alpha value is -1.89. The maximum absolute atomic E-state index is 12.3. The van der Waals surface area contributed by atoms with Crippen LogP contribution in [-0.2, 0) is 16.1 Å². The summed E-state index contributed by atoms with van der Waals surface area (Å²) in [5.74, 6) is 0.187. The van der Waals surface area contributed by atoms with Crippen LogP contribution in [0.15, 0.2) is 10.6 Å². The minimum atomic E-state index is -0.269. The van der Waals surface area contributed by atoms with Gasteiger partial charge in [-0.05, 0) is 19.8 Å². The van der Waals surface area contributed by atoms with Crippen molar-refractivity contribution in [3.8, 4) is 0 Å². The van der Waals surface area contributed by atoms with E-state index in [9.17, 15) is 9.59 Å². The second-order valence-electron chi connectivity index (χ2n) is 5.78. The third-order valence-corrected chi connectivity index (χ3v) is 4.06. The number of ether oxygens (including phenoxy) is 1. The van der Waals surface area contributed by atoms with Crippen LogP contribution >= 0.6 is 0 Å². The molecular formula is C16H25N3O4. The lowest BCUT2D eigenvalue weighted by Crippen LogP contribution is -2.42. The lowest BCUT2D eigenvalue weighted by atomic mass is 9.94. The summed E-state index contributed by atoms with van der Waals surface area (Å²) in [5, 5.41) is 6.45. The van der Waals surface area contributed by atoms with Crippen molar-refractivity contribution in [3.63, 3.8) is 0 Å². The van der Waals surface area contributed by atoms with Gasteiger partial charge >= 0.3 is 0 Å². The van der Waals surface area contributed by atoms with E-state index in [1.165, 1.54) is 13.5 Å². The number of carbonyl (C=O) groups excluding carboxylic acids is 2. The van der Waals surface area contributed by atoms with Gasteiger partial charge in [0.1, 0.15) is 6.61 Å². The molecule has 7 heteroatoms. The second kappa shape index (κ2) is 8.67. The summed E-state index contributed by atoms with van der Waals surface area (Å²) in [4.78, 5) is 25.9. The Morgan fingerprint density at radius 3 is 2.78 bits per heavy atom. The number of amides is 2. The van der Waals surface area contributed by atoms with Crippen molar-refractivity contribution in [1.29, 1.82) is 0 Å². The molecule has 1 aromatic rings. The van der Waals surface area contributed by atoms with Gasteiger partial charge in [-0.1, -0.05) is 24.4 Å². The molecule has 1 saturated carbocycles. The molecule has 1 heterocycles. The zero-order valence-corrected chi connectivity index (χ0v) is 13.8. The molecule has 128 valence electrons. The molecule has 1 aliphatic carbocycles. The molecule has 1 aromatic heterocycles. The summed E-state index contributed by atoms with van der Waals surface area (Å²) < 4.78 is 10.2. The number of carbonyl (C=O) groups is 2. The Morgan fingerprint density at radius 2 is 2.13 bits per heavy atom. The first-order valence-electron chi connectivity index (χ1n) is 8.18. The molecule has 0 saturated heterocycles. The molecule has 23 heavy (non-hydrogen) atoms. The van der Waals surface area contributed by atoms with Crippen molar-refractivity contribution in [2.45, 2.75) is 51.6 Å². The quantitative estimate of drug-likeness (QED) is 0.826. The van der Waals surface area contributed by atoms with Gasteiger partial charge in [0.2, 0.25) is 5.91 Å². The molecule has 0 spiro atoms. The first-order valence-corrected chi connectivity index (χ1v) is 8.18. The van der Waals surface area contributed by atoms with E-state index in [1.54, 1.807) is 11.0 Å². The summed E-state index contributed by atoms with van der Waals surface area (Å²) in [5.41, 5.74) is 0.240. The van der Waals surface area contributed by atoms with Crippen molar-refractivity contribution in [1.82, 2.24) is 15.4 Å². The van der Waals surface area contributed by atoms with E-state index in [0.29, 0.717) is 18.8 Å². The van der Waals surface area contributed by atoms with Gasteiger partial charge in [-0.15, -0.1) is 0 Å². The number of hydrogen-bond donors (Lipinski definition) is 1. The fraction of sp³-hybridized carbons (Fsp3) is 0.688. The van der Waals surface area contributed by atoms with Crippen LogP contribution in [0.1, 0.15) is 55.3 Å². The van der Waals surface area contributed by atoms with Gasteiger partial charge in [0.15, 0.2) is 11.5 Å². The molecule has 0 bridgehead atoms. The Kier molecular flexibility index (Phi) is 6.58. The van der Waals surface area contributed by atoms with Crippen molar-refractivity contribution in [3.05, 3.63) is 17.5 Å². The number of rotatable bonds is 7.